The number of ether oxygens (including phenoxy) is 1. The van der Waals surface area contributed by atoms with E-state index in [0.717, 1.165) is 11.8 Å². The number of halogens is 1. The first-order valence-electron chi connectivity index (χ1n) is 9.19. The van der Waals surface area contributed by atoms with Gasteiger partial charge in [0.05, 0.1) is 19.0 Å². The van der Waals surface area contributed by atoms with Crippen LogP contribution in [0, 0.1) is 5.82 Å². The van der Waals surface area contributed by atoms with E-state index < -0.39 is 0 Å². The van der Waals surface area contributed by atoms with Gasteiger partial charge in [-0.05, 0) is 24.3 Å². The zero-order valence-corrected chi connectivity index (χ0v) is 16.3. The summed E-state index contributed by atoms with van der Waals surface area (Å²) in [4.78, 5) is 27.6. The molecule has 0 spiro atoms. The van der Waals surface area contributed by atoms with Gasteiger partial charge in [-0.25, -0.2) is 4.39 Å². The van der Waals surface area contributed by atoms with Gasteiger partial charge in [-0.3, -0.25) is 9.59 Å². The van der Waals surface area contributed by atoms with E-state index in [1.54, 1.807) is 41.3 Å². The molecule has 1 saturated heterocycles. The number of carbonyl (C=O) groups excluding carboxylic acids is 2. The fourth-order valence-corrected chi connectivity index (χ4v) is 3.85. The van der Waals surface area contributed by atoms with Gasteiger partial charge >= 0.3 is 0 Å². The highest BCUT2D eigenvalue weighted by atomic mass is 32.2. The van der Waals surface area contributed by atoms with E-state index >= 15 is 0 Å². The van der Waals surface area contributed by atoms with Gasteiger partial charge in [-0.15, -0.1) is 11.8 Å². The van der Waals surface area contributed by atoms with Gasteiger partial charge in [0.1, 0.15) is 17.1 Å². The van der Waals surface area contributed by atoms with Crippen molar-refractivity contribution in [2.24, 2.45) is 0 Å². The molecule has 1 aliphatic rings. The zero-order chi connectivity index (χ0) is 20.2. The third-order valence-electron chi connectivity index (χ3n) is 4.55. The van der Waals surface area contributed by atoms with Crippen molar-refractivity contribution in [1.29, 1.82) is 0 Å². The molecule has 0 radical (unpaired) electrons. The molecule has 1 aromatic heterocycles. The number of nitrogens with one attached hydrogen (secondary N) is 1. The molecule has 0 aliphatic carbocycles. The van der Waals surface area contributed by atoms with Crippen LogP contribution in [-0.4, -0.2) is 48.8 Å². The Morgan fingerprint density at radius 1 is 1.07 bits per heavy atom. The standard InChI is InChI=1S/C21H19FN2O4S/c22-15-6-2-4-8-17(15)29-13-18(25)23-19-14-5-1-3-7-16(14)28-20(19)21(26)24-9-11-27-12-10-24/h1-8H,9-13H2,(H,23,25). The van der Waals surface area contributed by atoms with Crippen molar-refractivity contribution in [3.05, 3.63) is 60.1 Å². The number of carbonyl (C=O) groups is 2. The van der Waals surface area contributed by atoms with Gasteiger partial charge in [0, 0.05) is 23.4 Å². The van der Waals surface area contributed by atoms with Crippen LogP contribution in [0.1, 0.15) is 10.6 Å². The maximum absolute atomic E-state index is 13.8. The third-order valence-corrected chi connectivity index (χ3v) is 5.60. The second kappa shape index (κ2) is 8.67. The number of thioether (sulfide) groups is 1. The van der Waals surface area contributed by atoms with Crippen molar-refractivity contribution in [2.75, 3.05) is 37.4 Å². The molecular formula is C21H19FN2O4S. The summed E-state index contributed by atoms with van der Waals surface area (Å²) in [6, 6.07) is 13.4. The number of nitrogens with zero attached hydrogens (tertiary/aromatic N) is 1. The Hall–Kier alpha value is -2.84. The molecule has 0 bridgehead atoms. The number of rotatable bonds is 5. The zero-order valence-electron chi connectivity index (χ0n) is 15.5. The number of para-hydroxylation sites is 1. The highest BCUT2D eigenvalue weighted by Gasteiger charge is 2.27. The highest BCUT2D eigenvalue weighted by Crippen LogP contribution is 2.32. The van der Waals surface area contributed by atoms with Crippen molar-refractivity contribution >= 4 is 40.2 Å². The van der Waals surface area contributed by atoms with E-state index in [9.17, 15) is 14.0 Å². The summed E-state index contributed by atoms with van der Waals surface area (Å²) in [5, 5.41) is 3.44. The van der Waals surface area contributed by atoms with Gasteiger partial charge in [0.15, 0.2) is 0 Å². The normalized spacial score (nSPS) is 14.2. The molecule has 29 heavy (non-hydrogen) atoms. The van der Waals surface area contributed by atoms with Crippen LogP contribution in [0.3, 0.4) is 0 Å². The van der Waals surface area contributed by atoms with E-state index in [-0.39, 0.29) is 29.1 Å². The van der Waals surface area contributed by atoms with Crippen molar-refractivity contribution in [2.45, 2.75) is 4.90 Å². The number of fused-ring (bicyclic) bond motifs is 1. The lowest BCUT2D eigenvalue weighted by atomic mass is 10.2. The van der Waals surface area contributed by atoms with Crippen molar-refractivity contribution in [3.63, 3.8) is 0 Å². The number of benzene rings is 2. The van der Waals surface area contributed by atoms with Crippen LogP contribution in [-0.2, 0) is 9.53 Å². The number of morpholine rings is 1. The Labute approximate surface area is 171 Å². The molecule has 2 heterocycles. The SMILES string of the molecule is O=C(CSc1ccccc1F)Nc1c(C(=O)N2CCOCC2)oc2ccccc12. The van der Waals surface area contributed by atoms with Crippen LogP contribution >= 0.6 is 11.8 Å². The predicted octanol–water partition coefficient (Wildman–Crippen LogP) is 3.78. The number of anilines is 1. The Bertz CT molecular complexity index is 1050. The average molecular weight is 414 g/mol. The molecule has 150 valence electrons. The monoisotopic (exact) mass is 414 g/mol. The van der Waals surface area contributed by atoms with Crippen molar-refractivity contribution < 1.29 is 23.1 Å². The smallest absolute Gasteiger partial charge is 0.291 e. The van der Waals surface area contributed by atoms with E-state index in [1.807, 2.05) is 6.07 Å². The number of hydrogen-bond acceptors (Lipinski definition) is 5. The maximum atomic E-state index is 13.8. The molecule has 2 aromatic carbocycles. The lowest BCUT2D eigenvalue weighted by Crippen LogP contribution is -2.40. The fourth-order valence-electron chi connectivity index (χ4n) is 3.11. The maximum Gasteiger partial charge on any atom is 0.291 e. The molecule has 8 heteroatoms. The fraction of sp³-hybridized carbons (Fsp3) is 0.238. The summed E-state index contributed by atoms with van der Waals surface area (Å²) in [6.07, 6.45) is 0. The van der Waals surface area contributed by atoms with Crippen LogP contribution in [0.25, 0.3) is 11.0 Å². The minimum absolute atomic E-state index is 0.00558. The van der Waals surface area contributed by atoms with Crippen LogP contribution in [0.15, 0.2) is 57.8 Å². The first kappa shape index (κ1) is 19.5. The van der Waals surface area contributed by atoms with Gasteiger partial charge < -0.3 is 19.4 Å². The molecule has 0 saturated carbocycles. The van der Waals surface area contributed by atoms with Gasteiger partial charge in [-0.2, -0.15) is 0 Å². The molecule has 0 atom stereocenters. The summed E-state index contributed by atoms with van der Waals surface area (Å²) in [5.41, 5.74) is 0.859. The molecular weight excluding hydrogens is 395 g/mol. The molecule has 6 nitrogen and oxygen atoms in total. The molecule has 1 fully saturated rings. The second-order valence-corrected chi connectivity index (χ2v) is 7.49. The summed E-state index contributed by atoms with van der Waals surface area (Å²) in [7, 11) is 0. The van der Waals surface area contributed by atoms with E-state index in [1.165, 1.54) is 6.07 Å². The summed E-state index contributed by atoms with van der Waals surface area (Å²) in [6.45, 7) is 1.86. The number of furan rings is 1. The van der Waals surface area contributed by atoms with Crippen LogP contribution in [0.2, 0.25) is 0 Å². The van der Waals surface area contributed by atoms with E-state index in [4.69, 9.17) is 9.15 Å². The predicted molar refractivity (Wildman–Crippen MR) is 109 cm³/mol. The van der Waals surface area contributed by atoms with Crippen LogP contribution in [0.4, 0.5) is 10.1 Å². The van der Waals surface area contributed by atoms with Gasteiger partial charge in [0.25, 0.3) is 5.91 Å². The Morgan fingerprint density at radius 2 is 1.79 bits per heavy atom. The van der Waals surface area contributed by atoms with E-state index in [2.05, 4.69) is 5.32 Å². The molecule has 1 N–H and O–H groups in total. The van der Waals surface area contributed by atoms with Crippen molar-refractivity contribution in [3.8, 4) is 0 Å². The van der Waals surface area contributed by atoms with Crippen LogP contribution < -0.4 is 5.32 Å². The van der Waals surface area contributed by atoms with Crippen LogP contribution in [0.5, 0.6) is 0 Å². The molecule has 1 aliphatic heterocycles. The molecule has 4 rings (SSSR count). The van der Waals surface area contributed by atoms with Crippen molar-refractivity contribution in [1.82, 2.24) is 4.90 Å². The first-order valence-corrected chi connectivity index (χ1v) is 10.2. The quantitative estimate of drug-likeness (QED) is 0.644. The average Bonchev–Trinajstić information content (AvgIpc) is 3.11. The summed E-state index contributed by atoms with van der Waals surface area (Å²) < 4.78 is 24.9. The molecule has 2 amide bonds. The Balaban J connectivity index is 1.56. The summed E-state index contributed by atoms with van der Waals surface area (Å²) in [5.74, 6) is -0.909. The lowest BCUT2D eigenvalue weighted by Gasteiger charge is -2.26. The molecule has 3 aromatic rings. The minimum atomic E-state index is -0.373. The lowest BCUT2D eigenvalue weighted by molar-refractivity contribution is -0.113. The Kier molecular flexibility index (Phi) is 5.82. The number of amides is 2. The van der Waals surface area contributed by atoms with Gasteiger partial charge in [-0.1, -0.05) is 24.3 Å². The Morgan fingerprint density at radius 3 is 2.59 bits per heavy atom. The summed E-state index contributed by atoms with van der Waals surface area (Å²) >= 11 is 1.10. The molecule has 0 unspecified atom stereocenters. The third kappa shape index (κ3) is 4.28. The number of hydrogen-bond donors (Lipinski definition) is 1. The van der Waals surface area contributed by atoms with E-state index in [0.29, 0.717) is 47.9 Å². The highest BCUT2D eigenvalue weighted by molar-refractivity contribution is 8.00. The minimum Gasteiger partial charge on any atom is -0.449 e. The van der Waals surface area contributed by atoms with Gasteiger partial charge in [0.2, 0.25) is 11.7 Å². The largest absolute Gasteiger partial charge is 0.449 e. The second-order valence-electron chi connectivity index (χ2n) is 6.47. The topological polar surface area (TPSA) is 71.8 Å². The first-order chi connectivity index (χ1) is 14.1.